The largest absolute Gasteiger partial charge is 0.480 e. The maximum atomic E-state index is 11.9. The van der Waals surface area contributed by atoms with Gasteiger partial charge in [-0.15, -0.1) is 0 Å². The van der Waals surface area contributed by atoms with Crippen LogP contribution in [0, 0.1) is 13.8 Å². The van der Waals surface area contributed by atoms with Crippen molar-refractivity contribution in [3.63, 3.8) is 0 Å². The molecule has 7 heteroatoms. The van der Waals surface area contributed by atoms with Gasteiger partial charge in [-0.25, -0.2) is 14.6 Å². The smallest absolute Gasteiger partial charge is 0.408 e. The third-order valence-electron chi connectivity index (χ3n) is 3.47. The second-order valence-corrected chi connectivity index (χ2v) is 6.82. The molecular formula is C17H23N3O4. The zero-order valence-electron chi connectivity index (χ0n) is 14.6. The predicted molar refractivity (Wildman–Crippen MR) is 89.2 cm³/mol. The highest BCUT2D eigenvalue weighted by atomic mass is 16.6. The first-order chi connectivity index (χ1) is 11.1. The number of ether oxygens (including phenoxy) is 1. The molecule has 0 bridgehead atoms. The van der Waals surface area contributed by atoms with Gasteiger partial charge >= 0.3 is 12.1 Å². The van der Waals surface area contributed by atoms with E-state index in [0.29, 0.717) is 0 Å². The van der Waals surface area contributed by atoms with E-state index in [1.165, 1.54) is 0 Å². The van der Waals surface area contributed by atoms with Crippen molar-refractivity contribution in [2.45, 2.75) is 52.7 Å². The Morgan fingerprint density at radius 2 is 2.04 bits per heavy atom. The average molecular weight is 333 g/mol. The molecule has 130 valence electrons. The summed E-state index contributed by atoms with van der Waals surface area (Å²) in [6, 6.07) is 2.75. The van der Waals surface area contributed by atoms with Crippen LogP contribution in [0.5, 0.6) is 0 Å². The fraction of sp³-hybridized carbons (Fsp3) is 0.471. The molecule has 1 unspecified atom stereocenters. The SMILES string of the molecule is Cc1ccn2c(CC(NC(=O)OC(C)(C)C)C(=O)O)c(C)nc2c1. The van der Waals surface area contributed by atoms with Crippen LogP contribution < -0.4 is 5.32 Å². The van der Waals surface area contributed by atoms with Crippen molar-refractivity contribution in [3.05, 3.63) is 35.3 Å². The van der Waals surface area contributed by atoms with Crippen LogP contribution in [-0.4, -0.2) is 38.2 Å². The summed E-state index contributed by atoms with van der Waals surface area (Å²) in [4.78, 5) is 27.9. The molecule has 0 fully saturated rings. The molecular weight excluding hydrogens is 310 g/mol. The summed E-state index contributed by atoms with van der Waals surface area (Å²) in [7, 11) is 0. The van der Waals surface area contributed by atoms with E-state index in [1.807, 2.05) is 36.6 Å². The summed E-state index contributed by atoms with van der Waals surface area (Å²) in [6.45, 7) is 8.95. The number of rotatable bonds is 4. The van der Waals surface area contributed by atoms with Crippen LogP contribution in [0.25, 0.3) is 5.65 Å². The molecule has 24 heavy (non-hydrogen) atoms. The fourth-order valence-corrected chi connectivity index (χ4v) is 2.40. The van der Waals surface area contributed by atoms with Gasteiger partial charge in [-0.3, -0.25) is 0 Å². The van der Waals surface area contributed by atoms with E-state index in [2.05, 4.69) is 10.3 Å². The Bertz CT molecular complexity index is 774. The van der Waals surface area contributed by atoms with Gasteiger partial charge in [0.2, 0.25) is 0 Å². The van der Waals surface area contributed by atoms with Gasteiger partial charge in [0.25, 0.3) is 0 Å². The van der Waals surface area contributed by atoms with E-state index in [-0.39, 0.29) is 6.42 Å². The van der Waals surface area contributed by atoms with Crippen molar-refractivity contribution in [3.8, 4) is 0 Å². The van der Waals surface area contributed by atoms with E-state index in [0.717, 1.165) is 22.6 Å². The van der Waals surface area contributed by atoms with Crippen molar-refractivity contribution < 1.29 is 19.4 Å². The van der Waals surface area contributed by atoms with Crippen LogP contribution in [0.1, 0.15) is 37.7 Å². The Hall–Kier alpha value is -2.57. The minimum Gasteiger partial charge on any atom is -0.480 e. The number of fused-ring (bicyclic) bond motifs is 1. The molecule has 0 spiro atoms. The third kappa shape index (κ3) is 4.24. The second-order valence-electron chi connectivity index (χ2n) is 6.82. The molecule has 1 amide bonds. The highest BCUT2D eigenvalue weighted by Gasteiger charge is 2.26. The lowest BCUT2D eigenvalue weighted by Crippen LogP contribution is -2.45. The molecule has 7 nitrogen and oxygen atoms in total. The van der Waals surface area contributed by atoms with Gasteiger partial charge in [-0.2, -0.15) is 0 Å². The van der Waals surface area contributed by atoms with Gasteiger partial charge in [0.15, 0.2) is 0 Å². The molecule has 2 aromatic rings. The molecule has 0 saturated carbocycles. The minimum absolute atomic E-state index is 0.116. The number of aromatic nitrogens is 2. The Kier molecular flexibility index (Phi) is 4.82. The number of aliphatic carboxylic acids is 1. The lowest BCUT2D eigenvalue weighted by Gasteiger charge is -2.22. The zero-order valence-corrected chi connectivity index (χ0v) is 14.6. The number of carboxylic acids is 1. The summed E-state index contributed by atoms with van der Waals surface area (Å²) in [5.74, 6) is -1.12. The molecule has 0 aliphatic rings. The highest BCUT2D eigenvalue weighted by molar-refractivity contribution is 5.80. The molecule has 2 heterocycles. The summed E-state index contributed by atoms with van der Waals surface area (Å²) >= 11 is 0. The molecule has 1 atom stereocenters. The number of imidazole rings is 1. The van der Waals surface area contributed by atoms with Crippen LogP contribution in [0.3, 0.4) is 0 Å². The first kappa shape index (κ1) is 17.8. The van der Waals surface area contributed by atoms with Crippen LogP contribution in [0.2, 0.25) is 0 Å². The average Bonchev–Trinajstić information content (AvgIpc) is 2.71. The molecule has 0 aliphatic heterocycles. The molecule has 2 aromatic heterocycles. The maximum absolute atomic E-state index is 11.9. The first-order valence-corrected chi connectivity index (χ1v) is 7.73. The molecule has 2 rings (SSSR count). The Morgan fingerprint density at radius 1 is 1.38 bits per heavy atom. The van der Waals surface area contributed by atoms with Gasteiger partial charge in [0.1, 0.15) is 17.3 Å². The number of hydrogen-bond acceptors (Lipinski definition) is 4. The van der Waals surface area contributed by atoms with Crippen LogP contribution >= 0.6 is 0 Å². The third-order valence-corrected chi connectivity index (χ3v) is 3.47. The second kappa shape index (κ2) is 6.51. The molecule has 0 radical (unpaired) electrons. The normalized spacial score (nSPS) is 12.9. The van der Waals surface area contributed by atoms with Gasteiger partial charge in [-0.05, 0) is 52.3 Å². The van der Waals surface area contributed by atoms with Crippen molar-refractivity contribution in [1.29, 1.82) is 0 Å². The summed E-state index contributed by atoms with van der Waals surface area (Å²) in [6.07, 6.45) is 1.22. The summed E-state index contributed by atoms with van der Waals surface area (Å²) in [5.41, 5.74) is 2.61. The highest BCUT2D eigenvalue weighted by Crippen LogP contribution is 2.16. The molecule has 0 aliphatic carbocycles. The Labute approximate surface area is 140 Å². The number of nitrogens with one attached hydrogen (secondary N) is 1. The van der Waals surface area contributed by atoms with Crippen LogP contribution in [0.4, 0.5) is 4.79 Å². The number of carbonyl (C=O) groups excluding carboxylic acids is 1. The molecule has 0 saturated heterocycles. The van der Waals surface area contributed by atoms with Gasteiger partial charge in [-0.1, -0.05) is 0 Å². The van der Waals surface area contributed by atoms with Crippen molar-refractivity contribution in [1.82, 2.24) is 14.7 Å². The number of alkyl carbamates (subject to hydrolysis) is 1. The number of carboxylic acid groups (broad SMARTS) is 1. The number of aryl methyl sites for hydroxylation is 2. The van der Waals surface area contributed by atoms with Gasteiger partial charge in [0, 0.05) is 18.3 Å². The van der Waals surface area contributed by atoms with E-state index < -0.39 is 23.7 Å². The Balaban J connectivity index is 2.24. The van der Waals surface area contributed by atoms with E-state index in [4.69, 9.17) is 4.74 Å². The van der Waals surface area contributed by atoms with Crippen molar-refractivity contribution in [2.75, 3.05) is 0 Å². The van der Waals surface area contributed by atoms with Gasteiger partial charge < -0.3 is 19.6 Å². The van der Waals surface area contributed by atoms with E-state index in [1.54, 1.807) is 20.8 Å². The number of carbonyl (C=O) groups is 2. The summed E-state index contributed by atoms with van der Waals surface area (Å²) in [5, 5.41) is 11.8. The van der Waals surface area contributed by atoms with Crippen LogP contribution in [0.15, 0.2) is 18.3 Å². The molecule has 2 N–H and O–H groups in total. The predicted octanol–water partition coefficient (Wildman–Crippen LogP) is 2.47. The fourth-order valence-electron chi connectivity index (χ4n) is 2.40. The summed E-state index contributed by atoms with van der Waals surface area (Å²) < 4.78 is 6.98. The number of pyridine rings is 1. The lowest BCUT2D eigenvalue weighted by atomic mass is 10.1. The number of hydrogen-bond donors (Lipinski definition) is 2. The maximum Gasteiger partial charge on any atom is 0.408 e. The molecule has 0 aromatic carbocycles. The lowest BCUT2D eigenvalue weighted by molar-refractivity contribution is -0.139. The minimum atomic E-state index is -1.12. The topological polar surface area (TPSA) is 92.9 Å². The zero-order chi connectivity index (χ0) is 18.1. The van der Waals surface area contributed by atoms with Gasteiger partial charge in [0.05, 0.1) is 5.69 Å². The quantitative estimate of drug-likeness (QED) is 0.896. The standard InChI is InChI=1S/C17H23N3O4/c1-10-6-7-20-13(11(2)18-14(20)8-10)9-12(15(21)22)19-16(23)24-17(3,4)5/h6-8,12H,9H2,1-5H3,(H,19,23)(H,21,22). The number of amides is 1. The monoisotopic (exact) mass is 333 g/mol. The van der Waals surface area contributed by atoms with Crippen molar-refractivity contribution >= 4 is 17.7 Å². The first-order valence-electron chi connectivity index (χ1n) is 7.73. The Morgan fingerprint density at radius 3 is 2.62 bits per heavy atom. The van der Waals surface area contributed by atoms with E-state index >= 15 is 0 Å². The van der Waals surface area contributed by atoms with E-state index in [9.17, 15) is 14.7 Å². The number of nitrogens with zero attached hydrogens (tertiary/aromatic N) is 2. The van der Waals surface area contributed by atoms with Crippen molar-refractivity contribution in [2.24, 2.45) is 0 Å². The van der Waals surface area contributed by atoms with Crippen LogP contribution in [-0.2, 0) is 16.0 Å².